The van der Waals surface area contributed by atoms with Gasteiger partial charge < -0.3 is 15.0 Å². The number of hydrogen-bond acceptors (Lipinski definition) is 3. The second kappa shape index (κ2) is 3.51. The number of hydrogen-bond donors (Lipinski definition) is 1. The van der Waals surface area contributed by atoms with E-state index in [1.165, 1.54) is 5.69 Å². The molecule has 2 fully saturated rings. The first-order valence-electron chi connectivity index (χ1n) is 5.53. The number of nitrogens with zero attached hydrogens (tertiary/aromatic N) is 1. The smallest absolute Gasteiger partial charge is 0.115 e. The summed E-state index contributed by atoms with van der Waals surface area (Å²) in [7, 11) is 0. The highest BCUT2D eigenvalue weighted by Crippen LogP contribution is 2.30. The third-order valence-corrected chi connectivity index (χ3v) is 3.21. The summed E-state index contributed by atoms with van der Waals surface area (Å²) in [6.07, 6.45) is 0. The topological polar surface area (TPSA) is 24.5 Å². The van der Waals surface area contributed by atoms with E-state index in [9.17, 15) is 0 Å². The van der Waals surface area contributed by atoms with E-state index < -0.39 is 0 Å². The minimum Gasteiger partial charge on any atom is -0.369 e. The summed E-state index contributed by atoms with van der Waals surface area (Å²) in [5.41, 5.74) is 1.39. The molecule has 1 N–H and O–H groups in total. The van der Waals surface area contributed by atoms with Gasteiger partial charge in [-0.15, -0.1) is 0 Å². The maximum atomic E-state index is 5.85. The van der Waals surface area contributed by atoms with Gasteiger partial charge in [-0.3, -0.25) is 0 Å². The molecule has 1 aromatic carbocycles. The average Bonchev–Trinajstić information content (AvgIpc) is 2.28. The molecule has 3 heteroatoms. The Morgan fingerprint density at radius 2 is 2.00 bits per heavy atom. The highest BCUT2D eigenvalue weighted by Gasteiger charge is 2.45. The predicted octanol–water partition coefficient (Wildman–Crippen LogP) is 0.865. The maximum absolute atomic E-state index is 5.85. The Balaban J connectivity index is 1.66. The molecule has 0 amide bonds. The van der Waals surface area contributed by atoms with Crippen LogP contribution in [0.25, 0.3) is 0 Å². The molecule has 2 saturated heterocycles. The molecule has 0 unspecified atom stereocenters. The second-order valence-electron chi connectivity index (χ2n) is 4.40. The number of morpholine rings is 1. The number of nitrogens with one attached hydrogen (secondary N) is 1. The fourth-order valence-corrected chi connectivity index (χ4v) is 2.38. The fraction of sp³-hybridized carbons (Fsp3) is 0.500. The maximum Gasteiger partial charge on any atom is 0.115 e. The van der Waals surface area contributed by atoms with E-state index in [1.54, 1.807) is 0 Å². The van der Waals surface area contributed by atoms with Crippen LogP contribution >= 0.6 is 0 Å². The van der Waals surface area contributed by atoms with Gasteiger partial charge in [-0.05, 0) is 12.1 Å². The van der Waals surface area contributed by atoms with Crippen molar-refractivity contribution < 1.29 is 4.74 Å². The normalized spacial score (nSPS) is 23.9. The SMILES string of the molecule is c1ccc(N2CC3(CNCCO3)C2)cc1. The number of benzene rings is 1. The lowest BCUT2D eigenvalue weighted by atomic mass is 9.92. The third-order valence-electron chi connectivity index (χ3n) is 3.21. The van der Waals surface area contributed by atoms with E-state index in [1.807, 2.05) is 0 Å². The number of ether oxygens (including phenoxy) is 1. The number of anilines is 1. The van der Waals surface area contributed by atoms with Crippen LogP contribution in [-0.2, 0) is 4.74 Å². The standard InChI is InChI=1S/C12H16N2O/c1-2-4-11(5-3-1)14-9-12(10-14)8-13-6-7-15-12/h1-5,13H,6-10H2. The van der Waals surface area contributed by atoms with Crippen LogP contribution in [0.5, 0.6) is 0 Å². The van der Waals surface area contributed by atoms with Gasteiger partial charge in [0.25, 0.3) is 0 Å². The highest BCUT2D eigenvalue weighted by atomic mass is 16.5. The van der Waals surface area contributed by atoms with E-state index in [4.69, 9.17) is 4.74 Å². The summed E-state index contributed by atoms with van der Waals surface area (Å²) in [6.45, 7) is 4.88. The minimum absolute atomic E-state index is 0.0914. The van der Waals surface area contributed by atoms with Gasteiger partial charge in [0, 0.05) is 18.8 Å². The van der Waals surface area contributed by atoms with Crippen molar-refractivity contribution in [3.05, 3.63) is 30.3 Å². The lowest BCUT2D eigenvalue weighted by Gasteiger charge is -2.52. The Hall–Kier alpha value is -1.06. The monoisotopic (exact) mass is 204 g/mol. The summed E-state index contributed by atoms with van der Waals surface area (Å²) >= 11 is 0. The Kier molecular flexibility index (Phi) is 2.15. The predicted molar refractivity (Wildman–Crippen MR) is 60.2 cm³/mol. The number of para-hydroxylation sites is 1. The molecule has 2 aliphatic heterocycles. The first kappa shape index (κ1) is 9.19. The Morgan fingerprint density at radius 3 is 2.67 bits per heavy atom. The third kappa shape index (κ3) is 1.62. The van der Waals surface area contributed by atoms with Crippen molar-refractivity contribution in [3.8, 4) is 0 Å². The fourth-order valence-electron chi connectivity index (χ4n) is 2.38. The molecular formula is C12H16N2O. The molecule has 0 radical (unpaired) electrons. The van der Waals surface area contributed by atoms with Gasteiger partial charge in [0.1, 0.15) is 5.60 Å². The highest BCUT2D eigenvalue weighted by molar-refractivity contribution is 5.50. The van der Waals surface area contributed by atoms with Crippen LogP contribution in [0.3, 0.4) is 0 Å². The van der Waals surface area contributed by atoms with Crippen LogP contribution in [0.4, 0.5) is 5.69 Å². The van der Waals surface area contributed by atoms with Crippen LogP contribution in [0.1, 0.15) is 0 Å². The molecule has 0 aromatic heterocycles. The van der Waals surface area contributed by atoms with E-state index in [0.29, 0.717) is 0 Å². The lowest BCUT2D eigenvalue weighted by molar-refractivity contribution is -0.0828. The molecule has 1 aromatic rings. The van der Waals surface area contributed by atoms with Gasteiger partial charge in [0.2, 0.25) is 0 Å². The minimum atomic E-state index is 0.0914. The molecule has 0 saturated carbocycles. The summed E-state index contributed by atoms with van der Waals surface area (Å²) < 4.78 is 5.85. The number of rotatable bonds is 1. The van der Waals surface area contributed by atoms with Gasteiger partial charge in [0.05, 0.1) is 19.7 Å². The van der Waals surface area contributed by atoms with Gasteiger partial charge in [-0.1, -0.05) is 18.2 Å². The van der Waals surface area contributed by atoms with Crippen molar-refractivity contribution in [2.24, 2.45) is 0 Å². The van der Waals surface area contributed by atoms with Crippen LogP contribution in [0.15, 0.2) is 30.3 Å². The van der Waals surface area contributed by atoms with E-state index >= 15 is 0 Å². The van der Waals surface area contributed by atoms with Crippen molar-refractivity contribution in [2.45, 2.75) is 5.60 Å². The molecule has 0 atom stereocenters. The molecule has 2 heterocycles. The van der Waals surface area contributed by atoms with Crippen molar-refractivity contribution >= 4 is 5.69 Å². The molecule has 80 valence electrons. The first-order valence-corrected chi connectivity index (χ1v) is 5.53. The van der Waals surface area contributed by atoms with Gasteiger partial charge in [-0.2, -0.15) is 0 Å². The zero-order valence-electron chi connectivity index (χ0n) is 8.78. The largest absolute Gasteiger partial charge is 0.369 e. The summed E-state index contributed by atoms with van der Waals surface area (Å²) in [4.78, 5) is 2.37. The second-order valence-corrected chi connectivity index (χ2v) is 4.40. The van der Waals surface area contributed by atoms with Crippen LogP contribution < -0.4 is 10.2 Å². The molecule has 1 spiro atoms. The van der Waals surface area contributed by atoms with Crippen LogP contribution in [0, 0.1) is 0 Å². The molecular weight excluding hydrogens is 188 g/mol. The summed E-state index contributed by atoms with van der Waals surface area (Å²) in [5.74, 6) is 0. The first-order chi connectivity index (χ1) is 7.38. The zero-order valence-corrected chi connectivity index (χ0v) is 8.78. The van der Waals surface area contributed by atoms with E-state index in [0.717, 1.165) is 32.8 Å². The Morgan fingerprint density at radius 1 is 1.20 bits per heavy atom. The summed E-state index contributed by atoms with van der Waals surface area (Å²) in [6, 6.07) is 10.5. The van der Waals surface area contributed by atoms with E-state index in [2.05, 4.69) is 40.5 Å². The van der Waals surface area contributed by atoms with Gasteiger partial charge >= 0.3 is 0 Å². The van der Waals surface area contributed by atoms with Crippen LogP contribution in [0.2, 0.25) is 0 Å². The summed E-state index contributed by atoms with van der Waals surface area (Å²) in [5, 5.41) is 3.40. The van der Waals surface area contributed by atoms with Crippen molar-refractivity contribution in [3.63, 3.8) is 0 Å². The Labute approximate surface area is 90.0 Å². The Bertz CT molecular complexity index is 325. The van der Waals surface area contributed by atoms with Crippen molar-refractivity contribution in [2.75, 3.05) is 37.7 Å². The lowest BCUT2D eigenvalue weighted by Crippen LogP contribution is -2.69. The molecule has 0 bridgehead atoms. The zero-order chi connectivity index (χ0) is 10.1. The molecule has 0 aliphatic carbocycles. The molecule has 2 aliphatic rings. The van der Waals surface area contributed by atoms with Gasteiger partial charge in [0.15, 0.2) is 0 Å². The quantitative estimate of drug-likeness (QED) is 0.734. The molecule has 3 rings (SSSR count). The van der Waals surface area contributed by atoms with Crippen LogP contribution in [-0.4, -0.2) is 38.4 Å². The van der Waals surface area contributed by atoms with Gasteiger partial charge in [-0.25, -0.2) is 0 Å². The molecule has 15 heavy (non-hydrogen) atoms. The molecule has 3 nitrogen and oxygen atoms in total. The van der Waals surface area contributed by atoms with E-state index in [-0.39, 0.29) is 5.60 Å². The van der Waals surface area contributed by atoms with Crippen molar-refractivity contribution in [1.82, 2.24) is 5.32 Å². The van der Waals surface area contributed by atoms with Crippen molar-refractivity contribution in [1.29, 1.82) is 0 Å². The average molecular weight is 204 g/mol.